The lowest BCUT2D eigenvalue weighted by molar-refractivity contribution is -0.145. The molecule has 1 aromatic heterocycles. The smallest absolute Gasteiger partial charge is 0.328 e. The molecule has 5 nitrogen and oxygen atoms in total. The number of rotatable bonds is 4. The zero-order chi connectivity index (χ0) is 17.3. The van der Waals surface area contributed by atoms with E-state index in [1.165, 1.54) is 11.4 Å². The van der Waals surface area contributed by atoms with Crippen molar-refractivity contribution in [2.75, 3.05) is 13.7 Å². The van der Waals surface area contributed by atoms with E-state index in [-0.39, 0.29) is 11.4 Å². The molecule has 0 unspecified atom stereocenters. The van der Waals surface area contributed by atoms with Gasteiger partial charge in [0, 0.05) is 11.4 Å². The quantitative estimate of drug-likeness (QED) is 0.782. The maximum absolute atomic E-state index is 13.1. The SMILES string of the molecule is CCc1ccc(S(=O)(=O)N2CCc3sccc3[C@@H]2C(=O)OC)cc1. The molecule has 2 heterocycles. The Kier molecular flexibility index (Phi) is 4.76. The van der Waals surface area contributed by atoms with Gasteiger partial charge >= 0.3 is 5.97 Å². The molecule has 0 aliphatic carbocycles. The van der Waals surface area contributed by atoms with Crippen LogP contribution < -0.4 is 0 Å². The molecule has 0 N–H and O–H groups in total. The highest BCUT2D eigenvalue weighted by molar-refractivity contribution is 7.89. The van der Waals surface area contributed by atoms with Crippen LogP contribution in [-0.4, -0.2) is 32.3 Å². The molecule has 1 atom stereocenters. The minimum Gasteiger partial charge on any atom is -0.468 e. The molecular weight excluding hydrogens is 346 g/mol. The van der Waals surface area contributed by atoms with Crippen molar-refractivity contribution in [2.24, 2.45) is 0 Å². The molecule has 7 heteroatoms. The molecule has 0 fully saturated rings. The highest BCUT2D eigenvalue weighted by Gasteiger charge is 2.41. The largest absolute Gasteiger partial charge is 0.468 e. The number of hydrogen-bond donors (Lipinski definition) is 0. The first-order valence-corrected chi connectivity index (χ1v) is 10.1. The van der Waals surface area contributed by atoms with Gasteiger partial charge in [0.15, 0.2) is 0 Å². The molecule has 0 spiro atoms. The van der Waals surface area contributed by atoms with Crippen LogP contribution >= 0.6 is 11.3 Å². The fraction of sp³-hybridized carbons (Fsp3) is 0.353. The number of aryl methyl sites for hydroxylation is 1. The van der Waals surface area contributed by atoms with Crippen molar-refractivity contribution >= 4 is 27.3 Å². The lowest BCUT2D eigenvalue weighted by atomic mass is 10.0. The summed E-state index contributed by atoms with van der Waals surface area (Å²) in [6, 6.07) is 7.71. The average molecular weight is 365 g/mol. The molecule has 0 bridgehead atoms. The lowest BCUT2D eigenvalue weighted by Crippen LogP contribution is -2.43. The van der Waals surface area contributed by atoms with Crippen LogP contribution in [0.15, 0.2) is 40.6 Å². The summed E-state index contributed by atoms with van der Waals surface area (Å²) in [4.78, 5) is 13.5. The Morgan fingerprint density at radius 1 is 1.29 bits per heavy atom. The molecule has 1 aliphatic heterocycles. The van der Waals surface area contributed by atoms with Crippen LogP contribution in [0.1, 0.15) is 29.0 Å². The topological polar surface area (TPSA) is 63.7 Å². The number of fused-ring (bicyclic) bond motifs is 1. The van der Waals surface area contributed by atoms with Gasteiger partial charge in [-0.05, 0) is 47.5 Å². The van der Waals surface area contributed by atoms with Crippen LogP contribution in [0.4, 0.5) is 0 Å². The number of thiophene rings is 1. The predicted octanol–water partition coefficient (Wildman–Crippen LogP) is 2.77. The van der Waals surface area contributed by atoms with Crippen molar-refractivity contribution in [3.8, 4) is 0 Å². The number of hydrogen-bond acceptors (Lipinski definition) is 5. The molecule has 0 radical (unpaired) electrons. The summed E-state index contributed by atoms with van der Waals surface area (Å²) in [7, 11) is -2.49. The molecule has 24 heavy (non-hydrogen) atoms. The van der Waals surface area contributed by atoms with Crippen LogP contribution in [0, 0.1) is 0 Å². The first-order valence-electron chi connectivity index (χ1n) is 7.74. The summed E-state index contributed by atoms with van der Waals surface area (Å²) in [5, 5.41) is 1.88. The lowest BCUT2D eigenvalue weighted by Gasteiger charge is -2.33. The predicted molar refractivity (Wildman–Crippen MR) is 92.5 cm³/mol. The van der Waals surface area contributed by atoms with E-state index in [1.54, 1.807) is 35.6 Å². The summed E-state index contributed by atoms with van der Waals surface area (Å²) in [5.74, 6) is -0.553. The molecule has 3 rings (SSSR count). The van der Waals surface area contributed by atoms with Crippen LogP contribution in [0.5, 0.6) is 0 Å². The molecular formula is C17H19NO4S2. The van der Waals surface area contributed by atoms with Gasteiger partial charge in [0.05, 0.1) is 12.0 Å². The van der Waals surface area contributed by atoms with E-state index in [4.69, 9.17) is 4.74 Å². The van der Waals surface area contributed by atoms with E-state index >= 15 is 0 Å². The van der Waals surface area contributed by atoms with Gasteiger partial charge in [-0.15, -0.1) is 11.3 Å². The van der Waals surface area contributed by atoms with Crippen LogP contribution in [0.25, 0.3) is 0 Å². The Morgan fingerprint density at radius 3 is 2.62 bits per heavy atom. The number of methoxy groups -OCH3 is 1. The second-order valence-corrected chi connectivity index (χ2v) is 8.48. The first kappa shape index (κ1) is 17.1. The Morgan fingerprint density at radius 2 is 2.00 bits per heavy atom. The van der Waals surface area contributed by atoms with E-state index in [9.17, 15) is 13.2 Å². The fourth-order valence-corrected chi connectivity index (χ4v) is 5.40. The number of esters is 1. The second-order valence-electron chi connectivity index (χ2n) is 5.59. The zero-order valence-electron chi connectivity index (χ0n) is 13.6. The number of carbonyl (C=O) groups excluding carboxylic acids is 1. The van der Waals surface area contributed by atoms with Gasteiger partial charge in [0.25, 0.3) is 0 Å². The van der Waals surface area contributed by atoms with Crippen molar-refractivity contribution in [3.05, 3.63) is 51.7 Å². The van der Waals surface area contributed by atoms with Crippen molar-refractivity contribution < 1.29 is 17.9 Å². The minimum absolute atomic E-state index is 0.201. The summed E-state index contributed by atoms with van der Waals surface area (Å²) in [5.41, 5.74) is 1.80. The number of ether oxygens (including phenoxy) is 1. The monoisotopic (exact) mass is 365 g/mol. The second kappa shape index (κ2) is 6.66. The third-order valence-electron chi connectivity index (χ3n) is 4.28. The third-order valence-corrected chi connectivity index (χ3v) is 7.16. The normalized spacial score (nSPS) is 18.2. The summed E-state index contributed by atoms with van der Waals surface area (Å²) < 4.78 is 32.3. The van der Waals surface area contributed by atoms with Gasteiger partial charge in [-0.3, -0.25) is 0 Å². The van der Waals surface area contributed by atoms with Gasteiger partial charge in [0.2, 0.25) is 10.0 Å². The molecule has 0 saturated heterocycles. The Balaban J connectivity index is 2.03. The number of nitrogens with zero attached hydrogens (tertiary/aromatic N) is 1. The van der Waals surface area contributed by atoms with E-state index in [0.29, 0.717) is 6.42 Å². The molecule has 1 aliphatic rings. The maximum atomic E-state index is 13.1. The van der Waals surface area contributed by atoms with Crippen LogP contribution in [0.2, 0.25) is 0 Å². The first-order chi connectivity index (χ1) is 11.5. The summed E-state index contributed by atoms with van der Waals surface area (Å²) >= 11 is 1.54. The van der Waals surface area contributed by atoms with E-state index < -0.39 is 22.0 Å². The van der Waals surface area contributed by atoms with Gasteiger partial charge in [-0.2, -0.15) is 4.31 Å². The average Bonchev–Trinajstić information content (AvgIpc) is 3.08. The molecule has 0 saturated carbocycles. The highest BCUT2D eigenvalue weighted by Crippen LogP contribution is 2.37. The number of benzene rings is 1. The van der Waals surface area contributed by atoms with Gasteiger partial charge in [-0.25, -0.2) is 13.2 Å². The maximum Gasteiger partial charge on any atom is 0.328 e. The van der Waals surface area contributed by atoms with E-state index in [1.807, 2.05) is 18.4 Å². The highest BCUT2D eigenvalue weighted by atomic mass is 32.2. The van der Waals surface area contributed by atoms with Crippen molar-refractivity contribution in [1.29, 1.82) is 0 Å². The molecule has 0 amide bonds. The van der Waals surface area contributed by atoms with Crippen LogP contribution in [-0.2, 0) is 32.4 Å². The molecule has 1 aromatic carbocycles. The van der Waals surface area contributed by atoms with E-state index in [2.05, 4.69) is 0 Å². The Hall–Kier alpha value is -1.70. The zero-order valence-corrected chi connectivity index (χ0v) is 15.2. The fourth-order valence-electron chi connectivity index (χ4n) is 2.94. The number of carbonyl (C=O) groups is 1. The van der Waals surface area contributed by atoms with Crippen molar-refractivity contribution in [1.82, 2.24) is 4.31 Å². The van der Waals surface area contributed by atoms with E-state index in [0.717, 1.165) is 22.4 Å². The Labute approximate surface area is 145 Å². The van der Waals surface area contributed by atoms with Crippen molar-refractivity contribution in [2.45, 2.75) is 30.7 Å². The van der Waals surface area contributed by atoms with Gasteiger partial charge in [-0.1, -0.05) is 19.1 Å². The summed E-state index contributed by atoms with van der Waals surface area (Å²) in [6.07, 6.45) is 1.44. The standard InChI is InChI=1S/C17H19NO4S2/c1-3-12-4-6-13(7-5-12)24(20,21)18-10-8-15-14(9-11-23-15)16(18)17(19)22-2/h4-7,9,11,16H,3,8,10H2,1-2H3/t16-/m1/s1. The molecule has 2 aromatic rings. The third kappa shape index (κ3) is 2.87. The van der Waals surface area contributed by atoms with Crippen LogP contribution in [0.3, 0.4) is 0 Å². The molecule has 128 valence electrons. The minimum atomic E-state index is -3.77. The Bertz CT molecular complexity index is 840. The number of sulfonamides is 1. The summed E-state index contributed by atoms with van der Waals surface area (Å²) in [6.45, 7) is 2.28. The van der Waals surface area contributed by atoms with Gasteiger partial charge in [0.1, 0.15) is 6.04 Å². The van der Waals surface area contributed by atoms with Crippen molar-refractivity contribution in [3.63, 3.8) is 0 Å². The van der Waals surface area contributed by atoms with Gasteiger partial charge < -0.3 is 4.74 Å².